The molecule has 0 aliphatic rings. The van der Waals surface area contributed by atoms with Crippen LogP contribution in [0.5, 0.6) is 11.5 Å². The number of ether oxygens (including phenoxy) is 2. The number of hydrazone groups is 1. The number of benzene rings is 3. The molecule has 142 valence electrons. The molecule has 1 amide bonds. The zero-order chi connectivity index (χ0) is 19.9. The number of rotatable bonds is 7. The van der Waals surface area contributed by atoms with E-state index in [1.165, 1.54) is 24.3 Å². The minimum Gasteiger partial charge on any atom is -0.496 e. The first-order chi connectivity index (χ1) is 13.6. The van der Waals surface area contributed by atoms with E-state index in [1.807, 2.05) is 36.4 Å². The van der Waals surface area contributed by atoms with Crippen LogP contribution in [0.25, 0.3) is 10.8 Å². The summed E-state index contributed by atoms with van der Waals surface area (Å²) < 4.78 is 10.6. The van der Waals surface area contributed by atoms with Crippen molar-refractivity contribution in [2.75, 3.05) is 13.7 Å². The average molecular weight is 379 g/mol. The number of nitrogens with zero attached hydrogens (tertiary/aromatic N) is 2. The summed E-state index contributed by atoms with van der Waals surface area (Å²) in [5.74, 6) is 0.659. The lowest BCUT2D eigenvalue weighted by Crippen LogP contribution is -2.24. The van der Waals surface area contributed by atoms with Crippen LogP contribution in [0.15, 0.2) is 65.8 Å². The highest BCUT2D eigenvalue weighted by Crippen LogP contribution is 2.27. The third-order valence-corrected chi connectivity index (χ3v) is 3.95. The monoisotopic (exact) mass is 379 g/mol. The maximum absolute atomic E-state index is 11.9. The van der Waals surface area contributed by atoms with Gasteiger partial charge in [-0.1, -0.05) is 24.3 Å². The van der Waals surface area contributed by atoms with Crippen LogP contribution in [0.3, 0.4) is 0 Å². The van der Waals surface area contributed by atoms with Gasteiger partial charge in [-0.25, -0.2) is 5.43 Å². The lowest BCUT2D eigenvalue weighted by Gasteiger charge is -2.07. The number of non-ortho nitro benzene ring substituents is 1. The normalized spacial score (nSPS) is 10.8. The third-order valence-electron chi connectivity index (χ3n) is 3.95. The Labute approximate surface area is 160 Å². The lowest BCUT2D eigenvalue weighted by atomic mass is 10.0. The van der Waals surface area contributed by atoms with Gasteiger partial charge in [0.1, 0.15) is 11.5 Å². The fraction of sp³-hybridized carbons (Fsp3) is 0.100. The Morgan fingerprint density at radius 1 is 1.11 bits per heavy atom. The summed E-state index contributed by atoms with van der Waals surface area (Å²) in [7, 11) is 1.61. The van der Waals surface area contributed by atoms with Crippen molar-refractivity contribution in [3.8, 4) is 11.5 Å². The first-order valence-corrected chi connectivity index (χ1v) is 8.33. The molecule has 3 aromatic rings. The molecule has 0 heterocycles. The molecule has 3 aromatic carbocycles. The van der Waals surface area contributed by atoms with E-state index < -0.39 is 10.8 Å². The predicted octanol–water partition coefficient (Wildman–Crippen LogP) is 3.29. The minimum absolute atomic E-state index is 0.0480. The van der Waals surface area contributed by atoms with Crippen LogP contribution in [0.1, 0.15) is 5.56 Å². The van der Waals surface area contributed by atoms with E-state index in [1.54, 1.807) is 13.3 Å². The predicted molar refractivity (Wildman–Crippen MR) is 105 cm³/mol. The van der Waals surface area contributed by atoms with Crippen LogP contribution in [0, 0.1) is 10.1 Å². The number of nitrogens with one attached hydrogen (secondary N) is 1. The third kappa shape index (κ3) is 4.42. The number of hydrogen-bond acceptors (Lipinski definition) is 6. The zero-order valence-corrected chi connectivity index (χ0v) is 15.0. The van der Waals surface area contributed by atoms with E-state index in [9.17, 15) is 14.9 Å². The second-order valence-corrected chi connectivity index (χ2v) is 5.74. The molecule has 3 rings (SSSR count). The van der Waals surface area contributed by atoms with Gasteiger partial charge in [0.15, 0.2) is 6.61 Å². The van der Waals surface area contributed by atoms with E-state index in [2.05, 4.69) is 10.5 Å². The van der Waals surface area contributed by atoms with E-state index in [4.69, 9.17) is 9.47 Å². The number of carbonyl (C=O) groups excluding carboxylic acids is 1. The summed E-state index contributed by atoms with van der Waals surface area (Å²) in [5.41, 5.74) is 3.17. The standard InChI is InChI=1S/C20H17N3O5/c1-27-19-11-6-14(17-4-2-3-5-18(17)19)12-21-22-20(24)13-28-16-9-7-15(8-10-16)23(25)26/h2-12H,13H2,1H3,(H,22,24)/b21-12+. The second kappa shape index (κ2) is 8.63. The molecule has 0 bridgehead atoms. The minimum atomic E-state index is -0.506. The van der Waals surface area contributed by atoms with Crippen molar-refractivity contribution < 1.29 is 19.2 Å². The lowest BCUT2D eigenvalue weighted by molar-refractivity contribution is -0.384. The molecule has 28 heavy (non-hydrogen) atoms. The molecule has 0 aliphatic heterocycles. The van der Waals surface area contributed by atoms with Gasteiger partial charge in [0.25, 0.3) is 11.6 Å². The first kappa shape index (κ1) is 18.8. The molecule has 8 heteroatoms. The average Bonchev–Trinajstić information content (AvgIpc) is 2.72. The molecular formula is C20H17N3O5. The number of fused-ring (bicyclic) bond motifs is 1. The van der Waals surface area contributed by atoms with E-state index in [0.29, 0.717) is 5.75 Å². The maximum atomic E-state index is 11.9. The Kier molecular flexibility index (Phi) is 5.81. The highest BCUT2D eigenvalue weighted by Gasteiger charge is 2.07. The highest BCUT2D eigenvalue weighted by atomic mass is 16.6. The number of hydrogen-bond donors (Lipinski definition) is 1. The highest BCUT2D eigenvalue weighted by molar-refractivity contribution is 6.02. The van der Waals surface area contributed by atoms with E-state index in [-0.39, 0.29) is 12.3 Å². The van der Waals surface area contributed by atoms with Crippen molar-refractivity contribution in [3.63, 3.8) is 0 Å². The van der Waals surface area contributed by atoms with Crippen molar-refractivity contribution in [3.05, 3.63) is 76.3 Å². The largest absolute Gasteiger partial charge is 0.496 e. The molecule has 0 fully saturated rings. The zero-order valence-electron chi connectivity index (χ0n) is 15.0. The molecule has 0 atom stereocenters. The number of carbonyl (C=O) groups is 1. The molecule has 1 N–H and O–H groups in total. The summed E-state index contributed by atoms with van der Waals surface area (Å²) in [6, 6.07) is 16.9. The van der Waals surface area contributed by atoms with E-state index in [0.717, 1.165) is 22.1 Å². The molecule has 0 aromatic heterocycles. The summed E-state index contributed by atoms with van der Waals surface area (Å²) in [6.07, 6.45) is 1.55. The van der Waals surface area contributed by atoms with E-state index >= 15 is 0 Å². The Morgan fingerprint density at radius 2 is 1.82 bits per heavy atom. The number of methoxy groups -OCH3 is 1. The number of nitro benzene ring substituents is 1. The number of nitro groups is 1. The summed E-state index contributed by atoms with van der Waals surface area (Å²) in [6.45, 7) is -0.265. The Balaban J connectivity index is 1.59. The molecule has 0 aliphatic carbocycles. The topological polar surface area (TPSA) is 103 Å². The molecule has 0 unspecified atom stereocenters. The number of amides is 1. The first-order valence-electron chi connectivity index (χ1n) is 8.33. The quantitative estimate of drug-likeness (QED) is 0.385. The summed E-state index contributed by atoms with van der Waals surface area (Å²) in [5, 5.41) is 16.5. The molecule has 8 nitrogen and oxygen atoms in total. The second-order valence-electron chi connectivity index (χ2n) is 5.74. The smallest absolute Gasteiger partial charge is 0.277 e. The Bertz CT molecular complexity index is 1030. The fourth-order valence-corrected chi connectivity index (χ4v) is 2.60. The van der Waals surface area contributed by atoms with Gasteiger partial charge in [-0.2, -0.15) is 5.10 Å². The van der Waals surface area contributed by atoms with Gasteiger partial charge in [0.2, 0.25) is 0 Å². The Hall–Kier alpha value is -3.94. The van der Waals surface area contributed by atoms with Gasteiger partial charge in [-0.05, 0) is 29.7 Å². The van der Waals surface area contributed by atoms with Gasteiger partial charge < -0.3 is 9.47 Å². The van der Waals surface area contributed by atoms with Crippen LogP contribution in [0.4, 0.5) is 5.69 Å². The SMILES string of the molecule is COc1ccc(/C=N/NC(=O)COc2ccc([N+](=O)[O-])cc2)c2ccccc12. The van der Waals surface area contributed by atoms with Crippen LogP contribution >= 0.6 is 0 Å². The van der Waals surface area contributed by atoms with Gasteiger partial charge in [0.05, 0.1) is 18.2 Å². The van der Waals surface area contributed by atoms with Crippen LogP contribution < -0.4 is 14.9 Å². The molecule has 0 radical (unpaired) electrons. The van der Waals surface area contributed by atoms with Crippen molar-refractivity contribution in [1.82, 2.24) is 5.43 Å². The van der Waals surface area contributed by atoms with Crippen molar-refractivity contribution in [1.29, 1.82) is 0 Å². The van der Waals surface area contributed by atoms with Gasteiger partial charge in [-0.15, -0.1) is 0 Å². The molecule has 0 saturated carbocycles. The van der Waals surface area contributed by atoms with Crippen LogP contribution in [-0.4, -0.2) is 30.8 Å². The summed E-state index contributed by atoms with van der Waals surface area (Å²) in [4.78, 5) is 22.0. The van der Waals surface area contributed by atoms with Crippen LogP contribution in [0.2, 0.25) is 0 Å². The van der Waals surface area contributed by atoms with Crippen molar-refractivity contribution in [2.45, 2.75) is 0 Å². The summed E-state index contributed by atoms with van der Waals surface area (Å²) >= 11 is 0. The van der Waals surface area contributed by atoms with Gasteiger partial charge in [-0.3, -0.25) is 14.9 Å². The van der Waals surface area contributed by atoms with Gasteiger partial charge >= 0.3 is 0 Å². The molecule has 0 spiro atoms. The fourth-order valence-electron chi connectivity index (χ4n) is 2.60. The van der Waals surface area contributed by atoms with Crippen molar-refractivity contribution >= 4 is 28.6 Å². The Morgan fingerprint density at radius 3 is 2.50 bits per heavy atom. The maximum Gasteiger partial charge on any atom is 0.277 e. The molecule has 0 saturated heterocycles. The molecular weight excluding hydrogens is 362 g/mol. The van der Waals surface area contributed by atoms with Crippen molar-refractivity contribution in [2.24, 2.45) is 5.10 Å². The van der Waals surface area contributed by atoms with Crippen LogP contribution in [-0.2, 0) is 4.79 Å². The van der Waals surface area contributed by atoms with Gasteiger partial charge in [0, 0.05) is 23.1 Å².